The van der Waals surface area contributed by atoms with Gasteiger partial charge in [0, 0.05) is 17.4 Å². The largest absolute Gasteiger partial charge is 0.454 e. The zero-order chi connectivity index (χ0) is 15.5. The van der Waals surface area contributed by atoms with E-state index < -0.39 is 5.82 Å². The molecule has 0 saturated heterocycles. The van der Waals surface area contributed by atoms with Gasteiger partial charge in [-0.1, -0.05) is 11.6 Å². The predicted molar refractivity (Wildman–Crippen MR) is 81.1 cm³/mol. The second-order valence-corrected chi connectivity index (χ2v) is 5.01. The summed E-state index contributed by atoms with van der Waals surface area (Å²) in [6, 6.07) is 9.31. The second kappa shape index (κ2) is 6.11. The van der Waals surface area contributed by atoms with Crippen molar-refractivity contribution in [2.75, 3.05) is 24.0 Å². The molecular weight excluding hydrogens is 311 g/mol. The highest BCUT2D eigenvalue weighted by Gasteiger charge is 2.13. The number of ether oxygens (including phenoxy) is 2. The van der Waals surface area contributed by atoms with Crippen LogP contribution in [0.5, 0.6) is 11.5 Å². The Kier molecular flexibility index (Phi) is 4.02. The number of hydrogen-bond donors (Lipinski definition) is 2. The third kappa shape index (κ3) is 3.23. The summed E-state index contributed by atoms with van der Waals surface area (Å²) in [5.41, 5.74) is 1.17. The van der Waals surface area contributed by atoms with E-state index in [1.807, 2.05) is 0 Å². The minimum absolute atomic E-state index is 0.0402. The number of benzene rings is 2. The van der Waals surface area contributed by atoms with Gasteiger partial charge in [0.25, 0.3) is 0 Å². The quantitative estimate of drug-likeness (QED) is 0.907. The van der Waals surface area contributed by atoms with Crippen molar-refractivity contribution >= 4 is 28.9 Å². The smallest absolute Gasteiger partial charge is 0.243 e. The van der Waals surface area contributed by atoms with Crippen LogP contribution in [0, 0.1) is 5.82 Å². The summed E-state index contributed by atoms with van der Waals surface area (Å²) in [4.78, 5) is 11.8. The van der Waals surface area contributed by atoms with Crippen LogP contribution in [-0.2, 0) is 4.79 Å². The molecule has 7 heteroatoms. The summed E-state index contributed by atoms with van der Waals surface area (Å²) >= 11 is 5.66. The van der Waals surface area contributed by atoms with Gasteiger partial charge < -0.3 is 20.1 Å². The molecule has 1 heterocycles. The van der Waals surface area contributed by atoms with Crippen LogP contribution in [0.4, 0.5) is 15.8 Å². The van der Waals surface area contributed by atoms with E-state index >= 15 is 0 Å². The van der Waals surface area contributed by atoms with E-state index in [1.165, 1.54) is 18.2 Å². The first-order valence-electron chi connectivity index (χ1n) is 6.50. The average molecular weight is 323 g/mol. The molecule has 2 aromatic rings. The molecule has 0 atom stereocenters. The van der Waals surface area contributed by atoms with Crippen LogP contribution in [0.3, 0.4) is 0 Å². The first-order valence-corrected chi connectivity index (χ1v) is 6.88. The van der Waals surface area contributed by atoms with Crippen molar-refractivity contribution in [2.24, 2.45) is 0 Å². The number of halogens is 2. The minimum Gasteiger partial charge on any atom is -0.454 e. The molecule has 1 aliphatic rings. The SMILES string of the molecule is O=C(CNc1ccc2c(c1)OCO2)Nc1ccc(F)c(Cl)c1. The lowest BCUT2D eigenvalue weighted by molar-refractivity contribution is -0.114. The molecule has 1 amide bonds. The summed E-state index contributed by atoms with van der Waals surface area (Å²) in [6.07, 6.45) is 0. The summed E-state index contributed by atoms with van der Waals surface area (Å²) < 4.78 is 23.5. The molecule has 0 saturated carbocycles. The Morgan fingerprint density at radius 3 is 2.73 bits per heavy atom. The fraction of sp³-hybridized carbons (Fsp3) is 0.133. The lowest BCUT2D eigenvalue weighted by Gasteiger charge is -2.09. The zero-order valence-corrected chi connectivity index (χ0v) is 12.1. The Morgan fingerprint density at radius 2 is 1.91 bits per heavy atom. The number of hydrogen-bond acceptors (Lipinski definition) is 4. The Balaban J connectivity index is 1.57. The molecular formula is C15H12ClFN2O3. The summed E-state index contributed by atoms with van der Waals surface area (Å²) in [5.74, 6) is 0.505. The molecule has 5 nitrogen and oxygen atoms in total. The van der Waals surface area contributed by atoms with Crippen molar-refractivity contribution in [3.63, 3.8) is 0 Å². The number of rotatable bonds is 4. The molecule has 1 aliphatic heterocycles. The highest BCUT2D eigenvalue weighted by atomic mass is 35.5. The Morgan fingerprint density at radius 1 is 1.14 bits per heavy atom. The Labute approximate surface area is 131 Å². The van der Waals surface area contributed by atoms with Gasteiger partial charge in [-0.25, -0.2) is 4.39 Å². The summed E-state index contributed by atoms with van der Waals surface area (Å²) in [6.45, 7) is 0.249. The molecule has 2 N–H and O–H groups in total. The van der Waals surface area contributed by atoms with Crippen LogP contribution in [-0.4, -0.2) is 19.2 Å². The van der Waals surface area contributed by atoms with Gasteiger partial charge in [-0.3, -0.25) is 4.79 Å². The van der Waals surface area contributed by atoms with Gasteiger partial charge in [-0.05, 0) is 30.3 Å². The minimum atomic E-state index is -0.529. The number of anilines is 2. The molecule has 3 rings (SSSR count). The van der Waals surface area contributed by atoms with Crippen molar-refractivity contribution in [3.8, 4) is 11.5 Å². The van der Waals surface area contributed by atoms with Crippen molar-refractivity contribution in [1.82, 2.24) is 0 Å². The fourth-order valence-corrected chi connectivity index (χ4v) is 2.15. The molecule has 114 valence electrons. The molecule has 2 aromatic carbocycles. The van der Waals surface area contributed by atoms with E-state index in [-0.39, 0.29) is 24.3 Å². The number of fused-ring (bicyclic) bond motifs is 1. The first-order chi connectivity index (χ1) is 10.6. The topological polar surface area (TPSA) is 59.6 Å². The lowest BCUT2D eigenvalue weighted by Crippen LogP contribution is -2.21. The molecule has 22 heavy (non-hydrogen) atoms. The van der Waals surface area contributed by atoms with Gasteiger partial charge in [0.05, 0.1) is 11.6 Å². The normalized spacial score (nSPS) is 12.1. The first kappa shape index (κ1) is 14.5. The van der Waals surface area contributed by atoms with Crippen LogP contribution >= 0.6 is 11.6 Å². The number of carbonyl (C=O) groups excluding carboxylic acids is 1. The number of amides is 1. The van der Waals surface area contributed by atoms with Crippen LogP contribution in [0.1, 0.15) is 0 Å². The highest BCUT2D eigenvalue weighted by molar-refractivity contribution is 6.31. The van der Waals surface area contributed by atoms with Gasteiger partial charge in [-0.15, -0.1) is 0 Å². The standard InChI is InChI=1S/C15H12ClFN2O3/c16-11-5-10(1-3-12(11)17)19-15(20)7-18-9-2-4-13-14(6-9)22-8-21-13/h1-6,18H,7-8H2,(H,19,20). The van der Waals surface area contributed by atoms with Crippen molar-refractivity contribution in [1.29, 1.82) is 0 Å². The van der Waals surface area contributed by atoms with Gasteiger partial charge in [0.1, 0.15) is 5.82 Å². The van der Waals surface area contributed by atoms with Crippen LogP contribution < -0.4 is 20.1 Å². The molecule has 0 bridgehead atoms. The summed E-state index contributed by atoms with van der Waals surface area (Å²) in [7, 11) is 0. The van der Waals surface area contributed by atoms with Crippen LogP contribution in [0.25, 0.3) is 0 Å². The molecule has 0 radical (unpaired) electrons. The number of carbonyl (C=O) groups is 1. The maximum Gasteiger partial charge on any atom is 0.243 e. The highest BCUT2D eigenvalue weighted by Crippen LogP contribution is 2.34. The van der Waals surface area contributed by atoms with Crippen molar-refractivity contribution in [3.05, 3.63) is 47.2 Å². The van der Waals surface area contributed by atoms with E-state index in [0.717, 1.165) is 5.69 Å². The Hall–Kier alpha value is -2.47. The predicted octanol–water partition coefficient (Wildman–Crippen LogP) is 3.26. The molecule has 0 aliphatic carbocycles. The van der Waals surface area contributed by atoms with Gasteiger partial charge >= 0.3 is 0 Å². The van der Waals surface area contributed by atoms with Crippen LogP contribution in [0.2, 0.25) is 5.02 Å². The molecule has 0 spiro atoms. The molecule has 0 unspecified atom stereocenters. The molecule has 0 fully saturated rings. The lowest BCUT2D eigenvalue weighted by atomic mass is 10.2. The van der Waals surface area contributed by atoms with Crippen molar-refractivity contribution < 1.29 is 18.7 Å². The second-order valence-electron chi connectivity index (χ2n) is 4.60. The maximum absolute atomic E-state index is 13.0. The van der Waals surface area contributed by atoms with E-state index in [4.69, 9.17) is 21.1 Å². The monoisotopic (exact) mass is 322 g/mol. The maximum atomic E-state index is 13.0. The third-order valence-corrected chi connectivity index (χ3v) is 3.32. The van der Waals surface area contributed by atoms with E-state index in [2.05, 4.69) is 10.6 Å². The van der Waals surface area contributed by atoms with Crippen LogP contribution in [0.15, 0.2) is 36.4 Å². The third-order valence-electron chi connectivity index (χ3n) is 3.03. The molecule has 0 aromatic heterocycles. The summed E-state index contributed by atoms with van der Waals surface area (Å²) in [5, 5.41) is 5.55. The van der Waals surface area contributed by atoms with E-state index in [0.29, 0.717) is 17.2 Å². The number of nitrogens with one attached hydrogen (secondary N) is 2. The Bertz CT molecular complexity index is 724. The van der Waals surface area contributed by atoms with Gasteiger partial charge in [0.2, 0.25) is 12.7 Å². The van der Waals surface area contributed by atoms with Gasteiger partial charge in [-0.2, -0.15) is 0 Å². The average Bonchev–Trinajstić information content (AvgIpc) is 2.96. The van der Waals surface area contributed by atoms with Crippen molar-refractivity contribution in [2.45, 2.75) is 0 Å². The zero-order valence-electron chi connectivity index (χ0n) is 11.4. The van der Waals surface area contributed by atoms with E-state index in [1.54, 1.807) is 18.2 Å². The van der Waals surface area contributed by atoms with E-state index in [9.17, 15) is 9.18 Å². The fourth-order valence-electron chi connectivity index (χ4n) is 1.97. The van der Waals surface area contributed by atoms with Gasteiger partial charge in [0.15, 0.2) is 11.5 Å².